The zero-order valence-corrected chi connectivity index (χ0v) is 6.80. The van der Waals surface area contributed by atoms with Crippen LogP contribution in [-0.2, 0) is 6.54 Å². The molecule has 0 aliphatic rings. The topological polar surface area (TPSA) is 41.8 Å². The molecule has 10 heavy (non-hydrogen) atoms. The molecule has 0 aromatic carbocycles. The molecular formula is C6H7ClN2S. The van der Waals surface area contributed by atoms with E-state index in [9.17, 15) is 0 Å². The first-order valence-corrected chi connectivity index (χ1v) is 3.60. The summed E-state index contributed by atoms with van der Waals surface area (Å²) >= 11 is 10.5. The highest BCUT2D eigenvalue weighted by molar-refractivity contribution is 7.71. The molecular weight excluding hydrogens is 168 g/mol. The van der Waals surface area contributed by atoms with Crippen LogP contribution in [0.5, 0.6) is 0 Å². The van der Waals surface area contributed by atoms with E-state index in [4.69, 9.17) is 29.6 Å². The van der Waals surface area contributed by atoms with E-state index in [0.29, 0.717) is 16.2 Å². The van der Waals surface area contributed by atoms with Crippen LogP contribution in [0.25, 0.3) is 0 Å². The number of aromatic amines is 1. The van der Waals surface area contributed by atoms with Gasteiger partial charge in [0.05, 0.1) is 5.02 Å². The Morgan fingerprint density at radius 1 is 1.70 bits per heavy atom. The number of aromatic nitrogens is 1. The first-order chi connectivity index (χ1) is 4.74. The van der Waals surface area contributed by atoms with Crippen molar-refractivity contribution in [3.05, 3.63) is 27.5 Å². The number of nitrogens with one attached hydrogen (secondary N) is 1. The lowest BCUT2D eigenvalue weighted by Crippen LogP contribution is -1.96. The first-order valence-electron chi connectivity index (χ1n) is 2.81. The Labute approximate surface area is 69.0 Å². The van der Waals surface area contributed by atoms with Gasteiger partial charge in [-0.2, -0.15) is 0 Å². The lowest BCUT2D eigenvalue weighted by Gasteiger charge is -1.95. The van der Waals surface area contributed by atoms with Gasteiger partial charge in [-0.05, 0) is 11.6 Å². The molecule has 0 unspecified atom stereocenters. The molecule has 0 bridgehead atoms. The normalized spacial score (nSPS) is 9.80. The van der Waals surface area contributed by atoms with Crippen molar-refractivity contribution in [3.8, 4) is 0 Å². The molecule has 0 radical (unpaired) electrons. The molecule has 0 aliphatic heterocycles. The summed E-state index contributed by atoms with van der Waals surface area (Å²) in [7, 11) is 0. The van der Waals surface area contributed by atoms with Gasteiger partial charge in [-0.25, -0.2) is 0 Å². The second-order valence-electron chi connectivity index (χ2n) is 1.89. The van der Waals surface area contributed by atoms with E-state index in [2.05, 4.69) is 4.98 Å². The largest absolute Gasteiger partial charge is 0.351 e. The minimum Gasteiger partial charge on any atom is -0.351 e. The van der Waals surface area contributed by atoms with Crippen LogP contribution < -0.4 is 5.73 Å². The molecule has 1 aromatic rings. The number of H-pyrrole nitrogens is 1. The highest BCUT2D eigenvalue weighted by Gasteiger charge is 1.92. The van der Waals surface area contributed by atoms with E-state index >= 15 is 0 Å². The number of halogens is 1. The van der Waals surface area contributed by atoms with Crippen molar-refractivity contribution in [1.82, 2.24) is 4.98 Å². The highest BCUT2D eigenvalue weighted by Crippen LogP contribution is 2.09. The molecule has 1 heterocycles. The van der Waals surface area contributed by atoms with Gasteiger partial charge in [0, 0.05) is 12.7 Å². The average molecular weight is 175 g/mol. The van der Waals surface area contributed by atoms with Crippen molar-refractivity contribution in [1.29, 1.82) is 0 Å². The Kier molecular flexibility index (Phi) is 2.43. The predicted molar refractivity (Wildman–Crippen MR) is 44.5 cm³/mol. The third-order valence-electron chi connectivity index (χ3n) is 1.15. The van der Waals surface area contributed by atoms with Gasteiger partial charge in [-0.15, -0.1) is 0 Å². The van der Waals surface area contributed by atoms with Gasteiger partial charge in [-0.1, -0.05) is 23.8 Å². The van der Waals surface area contributed by atoms with E-state index in [0.717, 1.165) is 5.56 Å². The van der Waals surface area contributed by atoms with Crippen LogP contribution in [0.4, 0.5) is 0 Å². The van der Waals surface area contributed by atoms with E-state index in [1.807, 2.05) is 0 Å². The number of pyridine rings is 1. The van der Waals surface area contributed by atoms with Gasteiger partial charge < -0.3 is 10.7 Å². The standard InChI is InChI=1S/C6H7ClN2S/c7-5-1-4(2-8)3-9-6(5)10/h1,3H,2,8H2,(H,9,10). The number of hydrogen-bond donors (Lipinski definition) is 2. The lowest BCUT2D eigenvalue weighted by molar-refractivity contribution is 1.04. The summed E-state index contributed by atoms with van der Waals surface area (Å²) in [6, 6.07) is 1.76. The molecule has 1 aromatic heterocycles. The number of nitrogens with two attached hydrogens (primary N) is 1. The molecule has 0 spiro atoms. The molecule has 0 aliphatic carbocycles. The molecule has 0 atom stereocenters. The van der Waals surface area contributed by atoms with Crippen molar-refractivity contribution in [2.24, 2.45) is 5.73 Å². The van der Waals surface area contributed by atoms with Crippen LogP contribution >= 0.6 is 23.8 Å². The summed E-state index contributed by atoms with van der Waals surface area (Å²) in [5.41, 5.74) is 6.31. The SMILES string of the molecule is NCc1c[nH]c(=S)c(Cl)c1. The van der Waals surface area contributed by atoms with E-state index in [1.54, 1.807) is 12.3 Å². The van der Waals surface area contributed by atoms with Gasteiger partial charge in [0.2, 0.25) is 0 Å². The molecule has 0 amide bonds. The fourth-order valence-electron chi connectivity index (χ4n) is 0.615. The minimum absolute atomic E-state index is 0.478. The van der Waals surface area contributed by atoms with Crippen LogP contribution in [0.3, 0.4) is 0 Å². The van der Waals surface area contributed by atoms with Crippen molar-refractivity contribution in [3.63, 3.8) is 0 Å². The van der Waals surface area contributed by atoms with Crippen LogP contribution in [0, 0.1) is 4.64 Å². The molecule has 2 nitrogen and oxygen atoms in total. The Hall–Kier alpha value is -0.380. The monoisotopic (exact) mass is 174 g/mol. The van der Waals surface area contributed by atoms with Gasteiger partial charge in [0.15, 0.2) is 0 Å². The fourth-order valence-corrected chi connectivity index (χ4v) is 0.928. The lowest BCUT2D eigenvalue weighted by atomic mass is 10.3. The zero-order chi connectivity index (χ0) is 7.56. The van der Waals surface area contributed by atoms with Crippen LogP contribution in [-0.4, -0.2) is 4.98 Å². The molecule has 0 saturated carbocycles. The maximum absolute atomic E-state index is 5.70. The van der Waals surface area contributed by atoms with Gasteiger partial charge >= 0.3 is 0 Å². The van der Waals surface area contributed by atoms with Crippen molar-refractivity contribution in [2.75, 3.05) is 0 Å². The molecule has 0 saturated heterocycles. The number of hydrogen-bond acceptors (Lipinski definition) is 2. The molecule has 3 N–H and O–H groups in total. The third kappa shape index (κ3) is 1.56. The second-order valence-corrected chi connectivity index (χ2v) is 2.70. The summed E-state index contributed by atoms with van der Waals surface area (Å²) in [5, 5.41) is 0.554. The van der Waals surface area contributed by atoms with Crippen molar-refractivity contribution in [2.45, 2.75) is 6.54 Å². The fraction of sp³-hybridized carbons (Fsp3) is 0.167. The average Bonchev–Trinajstić information content (AvgIpc) is 1.95. The van der Waals surface area contributed by atoms with Crippen molar-refractivity contribution >= 4 is 23.8 Å². The Morgan fingerprint density at radius 3 is 2.90 bits per heavy atom. The van der Waals surface area contributed by atoms with Gasteiger partial charge in [0.25, 0.3) is 0 Å². The second kappa shape index (κ2) is 3.14. The molecule has 0 fully saturated rings. The van der Waals surface area contributed by atoms with E-state index in [-0.39, 0.29) is 0 Å². The maximum Gasteiger partial charge on any atom is 0.122 e. The maximum atomic E-state index is 5.70. The third-order valence-corrected chi connectivity index (χ3v) is 1.90. The molecule has 54 valence electrons. The number of rotatable bonds is 1. The minimum atomic E-state index is 0.478. The van der Waals surface area contributed by atoms with Crippen LogP contribution in [0.15, 0.2) is 12.3 Å². The Bertz CT molecular complexity index is 281. The highest BCUT2D eigenvalue weighted by atomic mass is 35.5. The summed E-state index contributed by atoms with van der Waals surface area (Å²) in [6.07, 6.45) is 1.76. The van der Waals surface area contributed by atoms with Gasteiger partial charge in [-0.3, -0.25) is 0 Å². The summed E-state index contributed by atoms with van der Waals surface area (Å²) in [6.45, 7) is 0.478. The first kappa shape index (κ1) is 7.72. The molecule has 4 heteroatoms. The van der Waals surface area contributed by atoms with Crippen LogP contribution in [0.1, 0.15) is 5.56 Å². The summed E-state index contributed by atoms with van der Waals surface area (Å²) in [5.74, 6) is 0. The van der Waals surface area contributed by atoms with E-state index in [1.165, 1.54) is 0 Å². The summed E-state index contributed by atoms with van der Waals surface area (Å²) in [4.78, 5) is 2.82. The van der Waals surface area contributed by atoms with E-state index < -0.39 is 0 Å². The quantitative estimate of drug-likeness (QED) is 0.639. The van der Waals surface area contributed by atoms with Gasteiger partial charge in [0.1, 0.15) is 4.64 Å². The van der Waals surface area contributed by atoms with Crippen molar-refractivity contribution < 1.29 is 0 Å². The Balaban J connectivity index is 3.17. The smallest absolute Gasteiger partial charge is 0.122 e. The predicted octanol–water partition coefficient (Wildman–Crippen LogP) is 1.86. The molecule has 1 rings (SSSR count). The summed E-state index contributed by atoms with van der Waals surface area (Å²) < 4.78 is 0.555. The van der Waals surface area contributed by atoms with Crippen LogP contribution in [0.2, 0.25) is 5.02 Å². The zero-order valence-electron chi connectivity index (χ0n) is 5.23. The Morgan fingerprint density at radius 2 is 2.40 bits per heavy atom.